The molecule has 2 heterocycles. The first-order valence-electron chi connectivity index (χ1n) is 10.7. The predicted molar refractivity (Wildman–Crippen MR) is 124 cm³/mol. The van der Waals surface area contributed by atoms with Gasteiger partial charge >= 0.3 is 0 Å². The van der Waals surface area contributed by atoms with Crippen molar-refractivity contribution in [3.8, 4) is 5.69 Å². The first-order chi connectivity index (χ1) is 14.1. The molecule has 2 nitrogen and oxygen atoms in total. The Kier molecular flexibility index (Phi) is 4.31. The van der Waals surface area contributed by atoms with Gasteiger partial charge in [-0.3, -0.25) is 4.98 Å². The summed E-state index contributed by atoms with van der Waals surface area (Å²) >= 11 is 0. The number of fused-ring (bicyclic) bond motifs is 4. The van der Waals surface area contributed by atoms with Crippen molar-refractivity contribution >= 4 is 27.4 Å². The predicted octanol–water partition coefficient (Wildman–Crippen LogP) is 7.43. The summed E-state index contributed by atoms with van der Waals surface area (Å²) < 4.78 is 2.37. The lowest BCUT2D eigenvalue weighted by Gasteiger charge is -2.28. The minimum absolute atomic E-state index is 0.139. The Hall–Kier alpha value is -2.87. The van der Waals surface area contributed by atoms with E-state index in [1.807, 2.05) is 12.4 Å². The van der Waals surface area contributed by atoms with Crippen molar-refractivity contribution in [2.45, 2.75) is 51.4 Å². The Morgan fingerprint density at radius 1 is 0.931 bits per heavy atom. The molecule has 0 aliphatic heterocycles. The van der Waals surface area contributed by atoms with Crippen LogP contribution in [0.1, 0.15) is 57.1 Å². The van der Waals surface area contributed by atoms with Crippen molar-refractivity contribution in [1.82, 2.24) is 9.55 Å². The van der Waals surface area contributed by atoms with Crippen LogP contribution in [-0.2, 0) is 5.41 Å². The average molecular weight is 381 g/mol. The van der Waals surface area contributed by atoms with Crippen LogP contribution in [-0.4, -0.2) is 9.55 Å². The quantitative estimate of drug-likeness (QED) is 0.336. The van der Waals surface area contributed by atoms with Crippen LogP contribution in [0.15, 0.2) is 67.5 Å². The second-order valence-corrected chi connectivity index (χ2v) is 9.03. The van der Waals surface area contributed by atoms with Crippen molar-refractivity contribution in [3.05, 3.63) is 78.6 Å². The second-order valence-electron chi connectivity index (χ2n) is 9.03. The van der Waals surface area contributed by atoms with Gasteiger partial charge in [-0.2, -0.15) is 0 Å². The topological polar surface area (TPSA) is 17.8 Å². The van der Waals surface area contributed by atoms with Crippen molar-refractivity contribution < 1.29 is 0 Å². The van der Waals surface area contributed by atoms with Crippen molar-refractivity contribution in [3.63, 3.8) is 0 Å². The first-order valence-corrected chi connectivity index (χ1v) is 10.7. The van der Waals surface area contributed by atoms with E-state index >= 15 is 0 Å². The van der Waals surface area contributed by atoms with Crippen LogP contribution >= 0.6 is 0 Å². The van der Waals surface area contributed by atoms with Gasteiger partial charge in [-0.05, 0) is 71.7 Å². The number of hydrogen-bond donors (Lipinski definition) is 0. The Morgan fingerprint density at radius 3 is 2.59 bits per heavy atom. The fourth-order valence-electron chi connectivity index (χ4n) is 4.97. The molecule has 29 heavy (non-hydrogen) atoms. The molecule has 2 aromatic heterocycles. The summed E-state index contributed by atoms with van der Waals surface area (Å²) in [5.41, 5.74) is 7.84. The number of pyridine rings is 1. The molecule has 2 aromatic carbocycles. The smallest absolute Gasteiger partial charge is 0.0571 e. The van der Waals surface area contributed by atoms with E-state index in [0.29, 0.717) is 0 Å². The summed E-state index contributed by atoms with van der Waals surface area (Å²) in [5.74, 6) is 0. The van der Waals surface area contributed by atoms with Gasteiger partial charge in [-0.25, -0.2) is 0 Å². The van der Waals surface area contributed by atoms with Gasteiger partial charge < -0.3 is 4.57 Å². The van der Waals surface area contributed by atoms with Gasteiger partial charge in [0.2, 0.25) is 0 Å². The zero-order valence-electron chi connectivity index (χ0n) is 17.4. The standard InChI is InChI=1S/C27H28N2/c1-19-10-6-5-9-14-27(2,3)24-16-22-23-18-28-15-13-25(23)29(26(22)17-21(19)24)20-11-7-4-8-12-20/h4,7-8,11-13,15-18H,1,5-6,9-10,14H2,2-3H3. The Morgan fingerprint density at radius 2 is 1.76 bits per heavy atom. The highest BCUT2D eigenvalue weighted by Crippen LogP contribution is 2.42. The third kappa shape index (κ3) is 2.98. The number of aromatic nitrogens is 2. The first kappa shape index (κ1) is 18.2. The summed E-state index contributed by atoms with van der Waals surface area (Å²) in [6, 6.07) is 17.6. The molecule has 0 saturated heterocycles. The molecule has 0 bridgehead atoms. The maximum atomic E-state index is 4.51. The lowest BCUT2D eigenvalue weighted by atomic mass is 9.76. The average Bonchev–Trinajstić information content (AvgIpc) is 3.08. The van der Waals surface area contributed by atoms with Crippen LogP contribution in [0.25, 0.3) is 33.1 Å². The van der Waals surface area contributed by atoms with E-state index in [9.17, 15) is 0 Å². The fourth-order valence-corrected chi connectivity index (χ4v) is 4.97. The van der Waals surface area contributed by atoms with E-state index in [1.165, 1.54) is 69.9 Å². The lowest BCUT2D eigenvalue weighted by Crippen LogP contribution is -2.18. The van der Waals surface area contributed by atoms with Crippen LogP contribution in [0, 0.1) is 0 Å². The summed E-state index contributed by atoms with van der Waals surface area (Å²) in [6.45, 7) is 9.29. The van der Waals surface area contributed by atoms with Crippen molar-refractivity contribution in [1.29, 1.82) is 0 Å². The Balaban J connectivity index is 1.90. The van der Waals surface area contributed by atoms with Crippen LogP contribution in [0.4, 0.5) is 0 Å². The molecule has 4 aromatic rings. The molecule has 0 spiro atoms. The van der Waals surface area contributed by atoms with E-state index in [2.05, 4.69) is 78.5 Å². The molecular weight excluding hydrogens is 352 g/mol. The van der Waals surface area contributed by atoms with E-state index in [1.54, 1.807) is 0 Å². The molecule has 2 heteroatoms. The zero-order chi connectivity index (χ0) is 20.0. The Labute approximate surface area is 172 Å². The highest BCUT2D eigenvalue weighted by atomic mass is 15.0. The van der Waals surface area contributed by atoms with Gasteiger partial charge in [0.05, 0.1) is 11.0 Å². The molecule has 1 aliphatic rings. The molecule has 0 fully saturated rings. The molecule has 0 N–H and O–H groups in total. The largest absolute Gasteiger partial charge is 0.309 e. The Bertz CT molecular complexity index is 1210. The highest BCUT2D eigenvalue weighted by molar-refractivity contribution is 6.10. The van der Waals surface area contributed by atoms with E-state index in [-0.39, 0.29) is 5.41 Å². The minimum Gasteiger partial charge on any atom is -0.309 e. The molecule has 0 atom stereocenters. The van der Waals surface area contributed by atoms with Crippen LogP contribution in [0.3, 0.4) is 0 Å². The summed E-state index contributed by atoms with van der Waals surface area (Å²) in [6.07, 6.45) is 10.0. The number of nitrogens with zero attached hydrogens (tertiary/aromatic N) is 2. The van der Waals surface area contributed by atoms with Crippen molar-refractivity contribution in [2.24, 2.45) is 0 Å². The SMILES string of the molecule is C=C1CCCCCC(C)(C)c2cc3c4cnccc4n(-c4ccccc4)c3cc21. The minimum atomic E-state index is 0.139. The van der Waals surface area contributed by atoms with Gasteiger partial charge in [-0.15, -0.1) is 0 Å². The van der Waals surface area contributed by atoms with E-state index < -0.39 is 0 Å². The molecule has 0 saturated carbocycles. The highest BCUT2D eigenvalue weighted by Gasteiger charge is 2.27. The maximum absolute atomic E-state index is 4.51. The summed E-state index contributed by atoms with van der Waals surface area (Å²) in [5, 5.41) is 2.51. The van der Waals surface area contributed by atoms with Gasteiger partial charge in [0.1, 0.15) is 0 Å². The zero-order valence-corrected chi connectivity index (χ0v) is 17.4. The molecule has 5 rings (SSSR count). The molecule has 0 unspecified atom stereocenters. The van der Waals surface area contributed by atoms with Gasteiger partial charge in [0.15, 0.2) is 0 Å². The normalized spacial score (nSPS) is 17.0. The van der Waals surface area contributed by atoms with Gasteiger partial charge in [0.25, 0.3) is 0 Å². The van der Waals surface area contributed by atoms with E-state index in [0.717, 1.165) is 6.42 Å². The second kappa shape index (κ2) is 6.88. The van der Waals surface area contributed by atoms with Crippen molar-refractivity contribution in [2.75, 3.05) is 0 Å². The molecule has 0 radical (unpaired) electrons. The number of rotatable bonds is 1. The summed E-state index contributed by atoms with van der Waals surface area (Å²) in [7, 11) is 0. The number of allylic oxidation sites excluding steroid dienone is 1. The fraction of sp³-hybridized carbons (Fsp3) is 0.296. The lowest BCUT2D eigenvalue weighted by molar-refractivity contribution is 0.451. The molecule has 146 valence electrons. The van der Waals surface area contributed by atoms with Crippen LogP contribution in [0.5, 0.6) is 0 Å². The van der Waals surface area contributed by atoms with Crippen LogP contribution < -0.4 is 0 Å². The molecular formula is C27H28N2. The number of benzene rings is 2. The van der Waals surface area contributed by atoms with Gasteiger partial charge in [-0.1, -0.05) is 51.5 Å². The summed E-state index contributed by atoms with van der Waals surface area (Å²) in [4.78, 5) is 4.45. The molecule has 1 aliphatic carbocycles. The number of hydrogen-bond acceptors (Lipinski definition) is 1. The maximum Gasteiger partial charge on any atom is 0.0571 e. The van der Waals surface area contributed by atoms with Crippen LogP contribution in [0.2, 0.25) is 0 Å². The third-order valence-electron chi connectivity index (χ3n) is 6.61. The third-order valence-corrected chi connectivity index (χ3v) is 6.61. The molecule has 0 amide bonds. The van der Waals surface area contributed by atoms with E-state index in [4.69, 9.17) is 0 Å². The monoisotopic (exact) mass is 380 g/mol. The number of para-hydroxylation sites is 1. The van der Waals surface area contributed by atoms with Gasteiger partial charge in [0, 0.05) is 28.9 Å².